The minimum atomic E-state index is -3.71. The van der Waals surface area contributed by atoms with Crippen LogP contribution < -0.4 is 5.32 Å². The zero-order valence-electron chi connectivity index (χ0n) is 15.6. The molecule has 9 heteroatoms. The standard InChI is InChI=1S/C18H26N2O6S/c1-3-18(4-2,13-16(21)22)19-17(23)14-6-5-7-15(12-14)27(24,25)20-8-10-26-11-9-20/h5-7,12H,3-4,8-11,13H2,1-2H3,(H,19,23)(H,21,22). The number of benzene rings is 1. The Kier molecular flexibility index (Phi) is 6.96. The first-order valence-electron chi connectivity index (χ1n) is 8.96. The lowest BCUT2D eigenvalue weighted by Crippen LogP contribution is -2.49. The lowest BCUT2D eigenvalue weighted by Gasteiger charge is -2.31. The predicted octanol–water partition coefficient (Wildman–Crippen LogP) is 1.47. The van der Waals surface area contributed by atoms with Crippen molar-refractivity contribution >= 4 is 21.9 Å². The SMILES string of the molecule is CCC(CC)(CC(=O)O)NC(=O)c1cccc(S(=O)(=O)N2CCOCC2)c1. The molecular weight excluding hydrogens is 372 g/mol. The maximum Gasteiger partial charge on any atom is 0.305 e. The molecule has 8 nitrogen and oxygen atoms in total. The summed E-state index contributed by atoms with van der Waals surface area (Å²) in [4.78, 5) is 23.9. The van der Waals surface area contributed by atoms with Crippen LogP contribution in [0.3, 0.4) is 0 Å². The average Bonchev–Trinajstić information content (AvgIpc) is 2.67. The topological polar surface area (TPSA) is 113 Å². The number of carbonyl (C=O) groups excluding carboxylic acids is 1. The fourth-order valence-corrected chi connectivity index (χ4v) is 4.51. The van der Waals surface area contributed by atoms with E-state index >= 15 is 0 Å². The van der Waals surface area contributed by atoms with Crippen LogP contribution in [-0.4, -0.2) is 61.5 Å². The Morgan fingerprint density at radius 1 is 1.22 bits per heavy atom. The van der Waals surface area contributed by atoms with Crippen molar-refractivity contribution in [2.45, 2.75) is 43.5 Å². The Labute approximate surface area is 159 Å². The Balaban J connectivity index is 2.25. The molecular formula is C18H26N2O6S. The summed E-state index contributed by atoms with van der Waals surface area (Å²) in [5, 5.41) is 11.9. The zero-order valence-corrected chi connectivity index (χ0v) is 16.4. The molecule has 2 N–H and O–H groups in total. The lowest BCUT2D eigenvalue weighted by molar-refractivity contribution is -0.138. The molecule has 1 amide bonds. The van der Waals surface area contributed by atoms with E-state index in [-0.39, 0.29) is 30.0 Å². The normalized spacial score (nSPS) is 16.1. The van der Waals surface area contributed by atoms with Gasteiger partial charge < -0.3 is 15.2 Å². The summed E-state index contributed by atoms with van der Waals surface area (Å²) < 4.78 is 32.1. The smallest absolute Gasteiger partial charge is 0.305 e. The molecule has 0 aliphatic carbocycles. The van der Waals surface area contributed by atoms with Gasteiger partial charge in [0.25, 0.3) is 5.91 Å². The van der Waals surface area contributed by atoms with Gasteiger partial charge in [-0.15, -0.1) is 0 Å². The molecule has 27 heavy (non-hydrogen) atoms. The number of amides is 1. The van der Waals surface area contributed by atoms with E-state index in [4.69, 9.17) is 9.84 Å². The van der Waals surface area contributed by atoms with Gasteiger partial charge in [-0.2, -0.15) is 4.31 Å². The minimum Gasteiger partial charge on any atom is -0.481 e. The maximum absolute atomic E-state index is 12.8. The Morgan fingerprint density at radius 2 is 1.85 bits per heavy atom. The molecule has 0 aromatic heterocycles. The van der Waals surface area contributed by atoms with Gasteiger partial charge in [0.2, 0.25) is 10.0 Å². The highest BCUT2D eigenvalue weighted by molar-refractivity contribution is 7.89. The van der Waals surface area contributed by atoms with E-state index < -0.39 is 27.4 Å². The molecule has 1 saturated heterocycles. The number of morpholine rings is 1. The number of sulfonamides is 1. The van der Waals surface area contributed by atoms with Gasteiger partial charge in [-0.3, -0.25) is 9.59 Å². The number of carbonyl (C=O) groups is 2. The molecule has 1 aliphatic rings. The summed E-state index contributed by atoms with van der Waals surface area (Å²) in [6.07, 6.45) is 0.706. The highest BCUT2D eigenvalue weighted by Gasteiger charge is 2.32. The highest BCUT2D eigenvalue weighted by Crippen LogP contribution is 2.22. The summed E-state index contributed by atoms with van der Waals surface area (Å²) in [5.74, 6) is -1.48. The number of nitrogens with one attached hydrogen (secondary N) is 1. The third-order valence-electron chi connectivity index (χ3n) is 4.93. The van der Waals surface area contributed by atoms with Gasteiger partial charge in [0.05, 0.1) is 30.1 Å². The van der Waals surface area contributed by atoms with E-state index in [1.54, 1.807) is 0 Å². The van der Waals surface area contributed by atoms with Crippen LogP contribution in [0.15, 0.2) is 29.2 Å². The number of hydrogen-bond acceptors (Lipinski definition) is 5. The van der Waals surface area contributed by atoms with Crippen LogP contribution in [0.25, 0.3) is 0 Å². The van der Waals surface area contributed by atoms with Crippen LogP contribution in [-0.2, 0) is 19.6 Å². The minimum absolute atomic E-state index is 0.0360. The molecule has 1 fully saturated rings. The van der Waals surface area contributed by atoms with Crippen molar-refractivity contribution in [1.29, 1.82) is 0 Å². The van der Waals surface area contributed by atoms with E-state index in [1.807, 2.05) is 13.8 Å². The van der Waals surface area contributed by atoms with Crippen molar-refractivity contribution in [2.24, 2.45) is 0 Å². The third kappa shape index (κ3) is 5.06. The number of nitrogens with zero attached hydrogens (tertiary/aromatic N) is 1. The first-order valence-corrected chi connectivity index (χ1v) is 10.4. The second-order valence-corrected chi connectivity index (χ2v) is 8.49. The van der Waals surface area contributed by atoms with E-state index in [1.165, 1.54) is 28.6 Å². The number of carboxylic acid groups (broad SMARTS) is 1. The van der Waals surface area contributed by atoms with Crippen LogP contribution in [0.2, 0.25) is 0 Å². The maximum atomic E-state index is 12.8. The number of hydrogen-bond donors (Lipinski definition) is 2. The molecule has 1 heterocycles. The summed E-state index contributed by atoms with van der Waals surface area (Å²) in [6, 6.07) is 5.81. The monoisotopic (exact) mass is 398 g/mol. The molecule has 0 unspecified atom stereocenters. The van der Waals surface area contributed by atoms with Gasteiger partial charge in [0.1, 0.15) is 0 Å². The molecule has 1 aliphatic heterocycles. The van der Waals surface area contributed by atoms with E-state index in [0.717, 1.165) is 0 Å². The van der Waals surface area contributed by atoms with Crippen LogP contribution in [0.5, 0.6) is 0 Å². The zero-order chi connectivity index (χ0) is 20.1. The largest absolute Gasteiger partial charge is 0.481 e. The van der Waals surface area contributed by atoms with Crippen LogP contribution in [0, 0.1) is 0 Å². The molecule has 0 atom stereocenters. The van der Waals surface area contributed by atoms with Gasteiger partial charge in [-0.05, 0) is 31.0 Å². The molecule has 1 aromatic carbocycles. The van der Waals surface area contributed by atoms with E-state index in [2.05, 4.69) is 5.32 Å². The van der Waals surface area contributed by atoms with E-state index in [0.29, 0.717) is 26.1 Å². The number of aliphatic carboxylic acids is 1. The van der Waals surface area contributed by atoms with Crippen molar-refractivity contribution in [2.75, 3.05) is 26.3 Å². The second-order valence-electron chi connectivity index (χ2n) is 6.56. The van der Waals surface area contributed by atoms with E-state index in [9.17, 15) is 18.0 Å². The van der Waals surface area contributed by atoms with Gasteiger partial charge in [-0.25, -0.2) is 8.42 Å². The Morgan fingerprint density at radius 3 is 2.41 bits per heavy atom. The molecule has 1 aromatic rings. The quantitative estimate of drug-likeness (QED) is 0.686. The number of ether oxygens (including phenoxy) is 1. The summed E-state index contributed by atoms with van der Waals surface area (Å²) in [7, 11) is -3.71. The predicted molar refractivity (Wildman–Crippen MR) is 99.1 cm³/mol. The second kappa shape index (κ2) is 8.81. The molecule has 150 valence electrons. The summed E-state index contributed by atoms with van der Waals surface area (Å²) in [6.45, 7) is 4.84. The molecule has 2 rings (SSSR count). The molecule has 0 bridgehead atoms. The molecule has 0 saturated carbocycles. The first-order chi connectivity index (χ1) is 12.7. The van der Waals surface area contributed by atoms with Crippen molar-refractivity contribution in [3.05, 3.63) is 29.8 Å². The molecule has 0 radical (unpaired) electrons. The van der Waals surface area contributed by atoms with Crippen molar-refractivity contribution in [3.8, 4) is 0 Å². The fraction of sp³-hybridized carbons (Fsp3) is 0.556. The van der Waals surface area contributed by atoms with Gasteiger partial charge in [0, 0.05) is 18.7 Å². The first kappa shape index (κ1) is 21.3. The van der Waals surface area contributed by atoms with Crippen molar-refractivity contribution in [1.82, 2.24) is 9.62 Å². The van der Waals surface area contributed by atoms with Gasteiger partial charge >= 0.3 is 5.97 Å². The highest BCUT2D eigenvalue weighted by atomic mass is 32.2. The van der Waals surface area contributed by atoms with Crippen LogP contribution >= 0.6 is 0 Å². The average molecular weight is 398 g/mol. The third-order valence-corrected chi connectivity index (χ3v) is 6.82. The fourth-order valence-electron chi connectivity index (χ4n) is 3.06. The summed E-state index contributed by atoms with van der Waals surface area (Å²) in [5.41, 5.74) is -0.692. The Bertz CT molecular complexity index is 783. The number of rotatable bonds is 8. The van der Waals surface area contributed by atoms with Crippen LogP contribution in [0.4, 0.5) is 0 Å². The van der Waals surface area contributed by atoms with Crippen LogP contribution in [0.1, 0.15) is 43.5 Å². The Hall–Kier alpha value is -1.97. The van der Waals surface area contributed by atoms with Gasteiger partial charge in [0.15, 0.2) is 0 Å². The molecule has 0 spiro atoms. The lowest BCUT2D eigenvalue weighted by atomic mass is 9.88. The summed E-state index contributed by atoms with van der Waals surface area (Å²) >= 11 is 0. The number of carboxylic acids is 1. The van der Waals surface area contributed by atoms with Crippen molar-refractivity contribution < 1.29 is 27.9 Å². The van der Waals surface area contributed by atoms with Crippen molar-refractivity contribution in [3.63, 3.8) is 0 Å². The van der Waals surface area contributed by atoms with Gasteiger partial charge in [-0.1, -0.05) is 19.9 Å².